The third kappa shape index (κ3) is 3.30. The second-order valence-electron chi connectivity index (χ2n) is 5.59. The highest BCUT2D eigenvalue weighted by atomic mass is 16.5. The molecule has 3 rings (SSSR count). The van der Waals surface area contributed by atoms with Crippen LogP contribution in [0.4, 0.5) is 5.82 Å². The number of hydrogen-bond donors (Lipinski definition) is 1. The smallest absolute Gasteiger partial charge is 0.239 e. The van der Waals surface area contributed by atoms with Crippen LogP contribution in [0.5, 0.6) is 0 Å². The molecule has 0 spiro atoms. The maximum Gasteiger partial charge on any atom is 0.239 e. The molecule has 2 aliphatic rings. The van der Waals surface area contributed by atoms with E-state index in [1.807, 2.05) is 17.9 Å². The lowest BCUT2D eigenvalue weighted by molar-refractivity contribution is -0.120. The number of amides is 1. The molecule has 0 saturated carbocycles. The quantitative estimate of drug-likeness (QED) is 0.808. The van der Waals surface area contributed by atoms with E-state index in [4.69, 9.17) is 4.74 Å². The van der Waals surface area contributed by atoms with E-state index in [1.165, 1.54) is 0 Å². The fourth-order valence-electron chi connectivity index (χ4n) is 2.69. The highest BCUT2D eigenvalue weighted by molar-refractivity contribution is 5.82. The predicted octanol–water partition coefficient (Wildman–Crippen LogP) is -0.276. The van der Waals surface area contributed by atoms with Crippen LogP contribution in [0.2, 0.25) is 0 Å². The van der Waals surface area contributed by atoms with Gasteiger partial charge >= 0.3 is 0 Å². The minimum absolute atomic E-state index is 0.0252. The topological polar surface area (TPSA) is 70.6 Å². The molecule has 1 atom stereocenters. The number of carbonyl (C=O) groups is 1. The van der Waals surface area contributed by atoms with Crippen molar-refractivity contribution < 1.29 is 9.53 Å². The Kier molecular flexibility index (Phi) is 4.03. The fourth-order valence-corrected chi connectivity index (χ4v) is 2.69. The summed E-state index contributed by atoms with van der Waals surface area (Å²) in [6.45, 7) is 6.14. The van der Waals surface area contributed by atoms with Gasteiger partial charge in [-0.2, -0.15) is 0 Å². The molecule has 1 aromatic rings. The van der Waals surface area contributed by atoms with E-state index in [1.54, 1.807) is 0 Å². The van der Waals surface area contributed by atoms with Crippen molar-refractivity contribution in [3.63, 3.8) is 0 Å². The number of carbonyl (C=O) groups excluding carboxylic acids is 1. The monoisotopic (exact) mass is 291 g/mol. The van der Waals surface area contributed by atoms with Gasteiger partial charge in [-0.3, -0.25) is 4.79 Å². The van der Waals surface area contributed by atoms with Crippen LogP contribution in [0.15, 0.2) is 6.07 Å². The predicted molar refractivity (Wildman–Crippen MR) is 78.2 cm³/mol. The van der Waals surface area contributed by atoms with Crippen molar-refractivity contribution in [1.82, 2.24) is 20.2 Å². The van der Waals surface area contributed by atoms with Gasteiger partial charge in [0.25, 0.3) is 0 Å². The molecule has 0 radical (unpaired) electrons. The molecule has 0 aromatic carbocycles. The van der Waals surface area contributed by atoms with E-state index in [2.05, 4.69) is 27.2 Å². The van der Waals surface area contributed by atoms with Crippen LogP contribution in [-0.4, -0.2) is 67.2 Å². The summed E-state index contributed by atoms with van der Waals surface area (Å²) in [5.74, 6) is 1.56. The molecule has 0 unspecified atom stereocenters. The first-order valence-corrected chi connectivity index (χ1v) is 7.29. The Morgan fingerprint density at radius 3 is 3.00 bits per heavy atom. The number of ether oxygens (including phenoxy) is 1. The van der Waals surface area contributed by atoms with Crippen LogP contribution in [0, 0.1) is 6.92 Å². The van der Waals surface area contributed by atoms with Gasteiger partial charge in [-0.05, 0) is 14.0 Å². The van der Waals surface area contributed by atoms with Crippen molar-refractivity contribution in [2.45, 2.75) is 13.0 Å². The number of likely N-dealkylation sites (N-methyl/N-ethyl adjacent to an activating group) is 1. The van der Waals surface area contributed by atoms with Gasteiger partial charge in [-0.25, -0.2) is 9.97 Å². The van der Waals surface area contributed by atoms with Crippen molar-refractivity contribution in [1.29, 1.82) is 0 Å². The Morgan fingerprint density at radius 1 is 1.38 bits per heavy atom. The maximum atomic E-state index is 11.5. The Labute approximate surface area is 124 Å². The molecule has 7 nitrogen and oxygen atoms in total. The van der Waals surface area contributed by atoms with Crippen LogP contribution in [0.25, 0.3) is 0 Å². The van der Waals surface area contributed by atoms with Gasteiger partial charge in [0, 0.05) is 32.2 Å². The van der Waals surface area contributed by atoms with E-state index in [0.717, 1.165) is 31.1 Å². The summed E-state index contributed by atoms with van der Waals surface area (Å²) in [5, 5.41) is 2.82. The minimum atomic E-state index is -0.0252. The summed E-state index contributed by atoms with van der Waals surface area (Å²) >= 11 is 0. The molecular weight excluding hydrogens is 270 g/mol. The van der Waals surface area contributed by atoms with Gasteiger partial charge in [0.1, 0.15) is 17.7 Å². The summed E-state index contributed by atoms with van der Waals surface area (Å²) in [4.78, 5) is 24.7. The SMILES string of the molecule is Cc1nc([C@@H]2CN(C)CCO2)cc(N2CCNC(=O)C2)n1. The summed E-state index contributed by atoms with van der Waals surface area (Å²) in [6.07, 6.45) is -0.0252. The Balaban J connectivity index is 1.83. The Hall–Kier alpha value is -1.73. The van der Waals surface area contributed by atoms with Gasteiger partial charge in [0.05, 0.1) is 18.8 Å². The van der Waals surface area contributed by atoms with Crippen LogP contribution in [-0.2, 0) is 9.53 Å². The van der Waals surface area contributed by atoms with E-state index < -0.39 is 0 Å². The van der Waals surface area contributed by atoms with Gasteiger partial charge in [0.15, 0.2) is 0 Å². The molecule has 7 heteroatoms. The molecule has 21 heavy (non-hydrogen) atoms. The molecule has 3 heterocycles. The fraction of sp³-hybridized carbons (Fsp3) is 0.643. The number of anilines is 1. The molecule has 2 aliphatic heterocycles. The highest BCUT2D eigenvalue weighted by Crippen LogP contribution is 2.23. The molecular formula is C14H21N5O2. The molecule has 0 aliphatic carbocycles. The Bertz CT molecular complexity index is 536. The zero-order valence-corrected chi connectivity index (χ0v) is 12.5. The molecule has 114 valence electrons. The van der Waals surface area contributed by atoms with Gasteiger partial charge < -0.3 is 19.9 Å². The third-order valence-electron chi connectivity index (χ3n) is 3.81. The maximum absolute atomic E-state index is 11.5. The molecule has 1 N–H and O–H groups in total. The zero-order valence-electron chi connectivity index (χ0n) is 12.5. The van der Waals surface area contributed by atoms with Crippen LogP contribution in [0.3, 0.4) is 0 Å². The zero-order chi connectivity index (χ0) is 14.8. The summed E-state index contributed by atoms with van der Waals surface area (Å²) in [5.41, 5.74) is 0.898. The molecule has 1 amide bonds. The van der Waals surface area contributed by atoms with E-state index in [0.29, 0.717) is 25.5 Å². The average Bonchev–Trinajstić information content (AvgIpc) is 2.46. The summed E-state index contributed by atoms with van der Waals surface area (Å²) in [6, 6.07) is 1.95. The molecule has 2 saturated heterocycles. The van der Waals surface area contributed by atoms with Crippen molar-refractivity contribution in [3.05, 3.63) is 17.6 Å². The largest absolute Gasteiger partial charge is 0.369 e. The van der Waals surface area contributed by atoms with Crippen molar-refractivity contribution >= 4 is 11.7 Å². The first-order chi connectivity index (χ1) is 10.1. The van der Waals surface area contributed by atoms with Crippen LogP contribution in [0.1, 0.15) is 17.6 Å². The normalized spacial score (nSPS) is 24.0. The molecule has 0 bridgehead atoms. The van der Waals surface area contributed by atoms with Crippen molar-refractivity contribution in [2.24, 2.45) is 0 Å². The van der Waals surface area contributed by atoms with Gasteiger partial charge in [-0.15, -0.1) is 0 Å². The summed E-state index contributed by atoms with van der Waals surface area (Å²) < 4.78 is 5.82. The lowest BCUT2D eigenvalue weighted by Crippen LogP contribution is -2.48. The number of morpholine rings is 1. The number of nitrogens with zero attached hydrogens (tertiary/aromatic N) is 4. The minimum Gasteiger partial charge on any atom is -0.369 e. The Morgan fingerprint density at radius 2 is 2.24 bits per heavy atom. The van der Waals surface area contributed by atoms with Gasteiger partial charge in [0.2, 0.25) is 5.91 Å². The van der Waals surface area contributed by atoms with E-state index in [-0.39, 0.29) is 12.0 Å². The lowest BCUT2D eigenvalue weighted by Gasteiger charge is -2.31. The number of rotatable bonds is 2. The van der Waals surface area contributed by atoms with Crippen molar-refractivity contribution in [2.75, 3.05) is 51.3 Å². The second-order valence-corrected chi connectivity index (χ2v) is 5.59. The van der Waals surface area contributed by atoms with Crippen LogP contribution >= 0.6 is 0 Å². The lowest BCUT2D eigenvalue weighted by atomic mass is 10.2. The van der Waals surface area contributed by atoms with E-state index >= 15 is 0 Å². The number of piperazine rings is 1. The number of aryl methyl sites for hydroxylation is 1. The third-order valence-corrected chi connectivity index (χ3v) is 3.81. The molecule has 2 fully saturated rings. The first-order valence-electron chi connectivity index (χ1n) is 7.29. The highest BCUT2D eigenvalue weighted by Gasteiger charge is 2.24. The van der Waals surface area contributed by atoms with E-state index in [9.17, 15) is 4.79 Å². The molecule has 1 aromatic heterocycles. The van der Waals surface area contributed by atoms with Crippen LogP contribution < -0.4 is 10.2 Å². The second kappa shape index (κ2) is 5.95. The number of aromatic nitrogens is 2. The number of nitrogens with one attached hydrogen (secondary N) is 1. The van der Waals surface area contributed by atoms with Gasteiger partial charge in [-0.1, -0.05) is 0 Å². The standard InChI is InChI=1S/C14H21N5O2/c1-10-16-11(12-8-18(2)5-6-21-12)7-13(17-10)19-4-3-15-14(20)9-19/h7,12H,3-6,8-9H2,1-2H3,(H,15,20)/t12-/m0/s1. The summed E-state index contributed by atoms with van der Waals surface area (Å²) in [7, 11) is 2.08. The number of hydrogen-bond acceptors (Lipinski definition) is 6. The first kappa shape index (κ1) is 14.2. The average molecular weight is 291 g/mol. The van der Waals surface area contributed by atoms with Crippen molar-refractivity contribution in [3.8, 4) is 0 Å².